The molecule has 1 atom stereocenters. The van der Waals surface area contributed by atoms with Crippen LogP contribution in [-0.4, -0.2) is 74.6 Å². The lowest BCUT2D eigenvalue weighted by Crippen LogP contribution is -2.46. The van der Waals surface area contributed by atoms with Crippen LogP contribution in [0.1, 0.15) is 70.8 Å². The van der Waals surface area contributed by atoms with Crippen LogP contribution in [0.2, 0.25) is 0 Å². The number of hydrogen-bond donors (Lipinski definition) is 1. The Morgan fingerprint density at radius 2 is 1.82 bits per heavy atom. The number of hydrogen-bond acceptors (Lipinski definition) is 8. The molecule has 2 fully saturated rings. The monoisotopic (exact) mass is 621 g/mol. The van der Waals surface area contributed by atoms with Crippen molar-refractivity contribution < 1.29 is 24.1 Å². The Hall–Kier alpha value is -2.69. The van der Waals surface area contributed by atoms with E-state index >= 15 is 0 Å². The van der Waals surface area contributed by atoms with Gasteiger partial charge in [0.15, 0.2) is 0 Å². The number of ether oxygens (including phenoxy) is 3. The summed E-state index contributed by atoms with van der Waals surface area (Å²) in [5.41, 5.74) is 2.93. The number of aliphatic hydroxyl groups excluding tert-OH is 1. The van der Waals surface area contributed by atoms with Crippen molar-refractivity contribution in [1.29, 1.82) is 0 Å². The van der Waals surface area contributed by atoms with Gasteiger partial charge in [-0.15, -0.1) is 11.3 Å². The van der Waals surface area contributed by atoms with Crippen molar-refractivity contribution in [2.24, 2.45) is 0 Å². The smallest absolute Gasteiger partial charge is 0.270 e. The van der Waals surface area contributed by atoms with E-state index in [1.165, 1.54) is 22.2 Å². The predicted octanol–water partition coefficient (Wildman–Crippen LogP) is 6.50. The highest BCUT2D eigenvalue weighted by Gasteiger charge is 2.37. The van der Waals surface area contributed by atoms with Gasteiger partial charge in [-0.2, -0.15) is 0 Å². The molecule has 9 heteroatoms. The van der Waals surface area contributed by atoms with Crippen molar-refractivity contribution in [2.75, 3.05) is 55.9 Å². The van der Waals surface area contributed by atoms with Crippen molar-refractivity contribution in [2.45, 2.75) is 83.2 Å². The van der Waals surface area contributed by atoms with E-state index in [4.69, 9.17) is 14.2 Å². The zero-order valence-corrected chi connectivity index (χ0v) is 27.0. The van der Waals surface area contributed by atoms with Gasteiger partial charge >= 0.3 is 0 Å². The topological polar surface area (TPSA) is 74.7 Å². The van der Waals surface area contributed by atoms with E-state index in [-0.39, 0.29) is 24.2 Å². The first-order valence-corrected chi connectivity index (χ1v) is 17.2. The van der Waals surface area contributed by atoms with E-state index in [0.717, 1.165) is 88.2 Å². The molecular formula is C35H47N3O5S. The van der Waals surface area contributed by atoms with E-state index < -0.39 is 6.48 Å². The van der Waals surface area contributed by atoms with Crippen molar-refractivity contribution in [3.05, 3.63) is 53.4 Å². The second kappa shape index (κ2) is 14.2. The molecule has 6 rings (SSSR count). The fourth-order valence-electron chi connectivity index (χ4n) is 6.88. The highest BCUT2D eigenvalue weighted by molar-refractivity contribution is 7.17. The van der Waals surface area contributed by atoms with Crippen molar-refractivity contribution in [1.82, 2.24) is 4.90 Å². The zero-order valence-electron chi connectivity index (χ0n) is 26.2. The molecule has 1 N–H and O–H groups in total. The number of unbranched alkanes of at least 4 members (excludes halogenated alkanes) is 1. The lowest BCUT2D eigenvalue weighted by Gasteiger charge is -2.39. The van der Waals surface area contributed by atoms with Gasteiger partial charge in [-0.05, 0) is 67.4 Å². The van der Waals surface area contributed by atoms with E-state index in [9.17, 15) is 9.90 Å². The fraction of sp³-hybridized carbons (Fsp3) is 0.571. The van der Waals surface area contributed by atoms with E-state index in [0.29, 0.717) is 13.0 Å². The first-order chi connectivity index (χ1) is 21.4. The number of benzene rings is 2. The van der Waals surface area contributed by atoms with Gasteiger partial charge in [0.25, 0.3) is 6.48 Å². The zero-order chi connectivity index (χ0) is 30.5. The second-order valence-electron chi connectivity index (χ2n) is 13.1. The quantitative estimate of drug-likeness (QED) is 0.183. The van der Waals surface area contributed by atoms with Crippen LogP contribution in [0.5, 0.6) is 5.75 Å². The molecule has 8 nitrogen and oxygen atoms in total. The minimum atomic E-state index is -1.35. The van der Waals surface area contributed by atoms with Crippen LogP contribution in [-0.2, 0) is 19.7 Å². The standard InChI is InChI=1S/C35H47N3O5S/c1-35(2)24-33(39)38(25-42-34(40)43-26-9-4-3-5-10-26)31-23-27(13-14-29(31)35)41-21-7-6-16-36-17-19-37(20-18-36)30-11-8-12-32-28(30)15-22-44-32/h8,11-15,22-23,26,34,40H,3-7,9-10,16-21,24-25H2,1-2H3. The van der Waals surface area contributed by atoms with Crippen LogP contribution in [0.15, 0.2) is 47.8 Å². The van der Waals surface area contributed by atoms with E-state index in [1.54, 1.807) is 4.90 Å². The maximum atomic E-state index is 13.2. The van der Waals surface area contributed by atoms with Crippen LogP contribution >= 0.6 is 11.3 Å². The Labute approximate surface area is 265 Å². The number of carbonyl (C=O) groups excluding carboxylic acids is 1. The summed E-state index contributed by atoms with van der Waals surface area (Å²) in [4.78, 5) is 19.8. The third-order valence-electron chi connectivity index (χ3n) is 9.41. The Balaban J connectivity index is 0.967. The van der Waals surface area contributed by atoms with Crippen molar-refractivity contribution in [3.8, 4) is 5.75 Å². The highest BCUT2D eigenvalue weighted by Crippen LogP contribution is 2.42. The molecule has 1 saturated carbocycles. The van der Waals surface area contributed by atoms with Crippen LogP contribution in [0, 0.1) is 0 Å². The minimum absolute atomic E-state index is 0.0124. The summed E-state index contributed by atoms with van der Waals surface area (Å²) in [7, 11) is 0. The average molecular weight is 622 g/mol. The number of anilines is 2. The molecule has 0 spiro atoms. The molecule has 2 aromatic carbocycles. The van der Waals surface area contributed by atoms with Crippen LogP contribution < -0.4 is 14.5 Å². The first kappa shape index (κ1) is 31.3. The van der Waals surface area contributed by atoms with Gasteiger partial charge in [-0.3, -0.25) is 14.6 Å². The molecule has 2 aliphatic heterocycles. The fourth-order valence-corrected chi connectivity index (χ4v) is 7.69. The van der Waals surface area contributed by atoms with Crippen LogP contribution in [0.3, 0.4) is 0 Å². The van der Waals surface area contributed by atoms with Crippen LogP contribution in [0.4, 0.5) is 11.4 Å². The molecule has 3 aliphatic rings. The van der Waals surface area contributed by atoms with E-state index in [1.807, 2.05) is 23.5 Å². The first-order valence-electron chi connectivity index (χ1n) is 16.3. The maximum absolute atomic E-state index is 13.2. The molecule has 3 aromatic rings. The van der Waals surface area contributed by atoms with Gasteiger partial charge < -0.3 is 24.2 Å². The number of fused-ring (bicyclic) bond motifs is 2. The van der Waals surface area contributed by atoms with Gasteiger partial charge in [0, 0.05) is 59.9 Å². The molecule has 3 heterocycles. The largest absolute Gasteiger partial charge is 0.494 e. The molecule has 238 valence electrons. The SMILES string of the molecule is CC1(C)CC(=O)N(COC(O)OC2CCCCC2)c2cc(OCCCCN3CCN(c4cccc5sccc45)CC3)ccc21. The normalized spacial score (nSPS) is 20.2. The maximum Gasteiger partial charge on any atom is 0.270 e. The molecule has 44 heavy (non-hydrogen) atoms. The molecule has 1 unspecified atom stereocenters. The van der Waals surface area contributed by atoms with Gasteiger partial charge in [0.1, 0.15) is 12.5 Å². The number of thiophene rings is 1. The van der Waals surface area contributed by atoms with Gasteiger partial charge in [0.2, 0.25) is 5.91 Å². The molecule has 0 radical (unpaired) electrons. The summed E-state index contributed by atoms with van der Waals surface area (Å²) in [5.74, 6) is 0.714. The van der Waals surface area contributed by atoms with Crippen molar-refractivity contribution in [3.63, 3.8) is 0 Å². The molecular weight excluding hydrogens is 574 g/mol. The number of piperazine rings is 1. The molecule has 1 amide bonds. The Kier molecular flexibility index (Phi) is 10.1. The average Bonchev–Trinajstić information content (AvgIpc) is 3.51. The lowest BCUT2D eigenvalue weighted by molar-refractivity contribution is -0.284. The predicted molar refractivity (Wildman–Crippen MR) is 177 cm³/mol. The Bertz CT molecular complexity index is 1400. The minimum Gasteiger partial charge on any atom is -0.494 e. The number of aliphatic hydroxyl groups is 1. The molecule has 1 aliphatic carbocycles. The Morgan fingerprint density at radius 1 is 1.00 bits per heavy atom. The third-order valence-corrected chi connectivity index (χ3v) is 10.3. The molecule has 0 bridgehead atoms. The number of rotatable bonds is 12. The number of nitrogens with zero attached hydrogens (tertiary/aromatic N) is 3. The van der Waals surface area contributed by atoms with Gasteiger partial charge in [0.05, 0.1) is 18.4 Å². The molecule has 1 aromatic heterocycles. The van der Waals surface area contributed by atoms with E-state index in [2.05, 4.69) is 59.4 Å². The summed E-state index contributed by atoms with van der Waals surface area (Å²) in [6.45, 7) is 8.74. The Morgan fingerprint density at radius 3 is 2.64 bits per heavy atom. The molecule has 1 saturated heterocycles. The van der Waals surface area contributed by atoms with Gasteiger partial charge in [-0.25, -0.2) is 0 Å². The summed E-state index contributed by atoms with van der Waals surface area (Å²) < 4.78 is 18.8. The lowest BCUT2D eigenvalue weighted by atomic mass is 9.77. The van der Waals surface area contributed by atoms with Crippen molar-refractivity contribution >= 4 is 38.7 Å². The highest BCUT2D eigenvalue weighted by atomic mass is 32.1. The summed E-state index contributed by atoms with van der Waals surface area (Å²) in [5, 5.41) is 13.9. The summed E-state index contributed by atoms with van der Waals surface area (Å²) in [6.07, 6.45) is 7.73. The van der Waals surface area contributed by atoms with Crippen LogP contribution in [0.25, 0.3) is 10.1 Å². The summed E-state index contributed by atoms with van der Waals surface area (Å²) in [6, 6.07) is 14.9. The third kappa shape index (κ3) is 7.40. The summed E-state index contributed by atoms with van der Waals surface area (Å²) >= 11 is 1.81. The second-order valence-corrected chi connectivity index (χ2v) is 14.0. The van der Waals surface area contributed by atoms with Gasteiger partial charge in [-0.1, -0.05) is 45.2 Å². The number of carbonyl (C=O) groups is 1. The number of amides is 1.